The van der Waals surface area contributed by atoms with Gasteiger partial charge >= 0.3 is 0 Å². The molecule has 2 aromatic carbocycles. The molecule has 0 aromatic heterocycles. The minimum Gasteiger partial charge on any atom is -0.497 e. The number of hydrogen-bond acceptors (Lipinski definition) is 4. The van der Waals surface area contributed by atoms with Gasteiger partial charge in [-0.05, 0) is 36.8 Å². The molecule has 1 aliphatic rings. The number of methoxy groups -OCH3 is 1. The normalized spacial score (nSPS) is 15.6. The zero-order valence-electron chi connectivity index (χ0n) is 14.4. The van der Waals surface area contributed by atoms with Crippen LogP contribution in [0.3, 0.4) is 0 Å². The molecule has 0 bridgehead atoms. The summed E-state index contributed by atoms with van der Waals surface area (Å²) in [7, 11) is 1.63. The van der Waals surface area contributed by atoms with Crippen molar-refractivity contribution >= 4 is 5.91 Å². The first-order chi connectivity index (χ1) is 12.3. The van der Waals surface area contributed by atoms with Crippen molar-refractivity contribution in [3.05, 3.63) is 54.1 Å². The van der Waals surface area contributed by atoms with Gasteiger partial charge in [-0.2, -0.15) is 0 Å². The van der Waals surface area contributed by atoms with Gasteiger partial charge in [0.2, 0.25) is 5.91 Å². The lowest BCUT2D eigenvalue weighted by Gasteiger charge is -2.26. The Morgan fingerprint density at radius 3 is 2.72 bits per heavy atom. The lowest BCUT2D eigenvalue weighted by Crippen LogP contribution is -2.32. The second kappa shape index (κ2) is 8.42. The number of amides is 1. The van der Waals surface area contributed by atoms with E-state index < -0.39 is 0 Å². The van der Waals surface area contributed by atoms with Crippen LogP contribution in [0.5, 0.6) is 17.2 Å². The van der Waals surface area contributed by atoms with E-state index in [9.17, 15) is 4.79 Å². The lowest BCUT2D eigenvalue weighted by atomic mass is 10.0. The third kappa shape index (κ3) is 4.66. The van der Waals surface area contributed by atoms with E-state index in [-0.39, 0.29) is 11.9 Å². The maximum atomic E-state index is 12.2. The van der Waals surface area contributed by atoms with Gasteiger partial charge in [-0.15, -0.1) is 0 Å². The molecule has 0 saturated carbocycles. The van der Waals surface area contributed by atoms with Crippen molar-refractivity contribution in [1.29, 1.82) is 0 Å². The van der Waals surface area contributed by atoms with Crippen LogP contribution in [-0.2, 0) is 4.79 Å². The fourth-order valence-electron chi connectivity index (χ4n) is 2.85. The highest BCUT2D eigenvalue weighted by Gasteiger charge is 2.22. The molecule has 0 radical (unpaired) electrons. The summed E-state index contributed by atoms with van der Waals surface area (Å²) in [5.41, 5.74) is 1.05. The van der Waals surface area contributed by atoms with Crippen LogP contribution in [-0.4, -0.2) is 26.2 Å². The topological polar surface area (TPSA) is 56.8 Å². The first kappa shape index (κ1) is 17.1. The maximum absolute atomic E-state index is 12.2. The van der Waals surface area contributed by atoms with Gasteiger partial charge < -0.3 is 19.5 Å². The van der Waals surface area contributed by atoms with Crippen LogP contribution >= 0.6 is 0 Å². The van der Waals surface area contributed by atoms with Gasteiger partial charge in [-0.3, -0.25) is 4.79 Å². The smallest absolute Gasteiger partial charge is 0.220 e. The van der Waals surface area contributed by atoms with E-state index in [1.54, 1.807) is 7.11 Å². The van der Waals surface area contributed by atoms with Crippen LogP contribution < -0.4 is 19.5 Å². The monoisotopic (exact) mass is 341 g/mol. The van der Waals surface area contributed by atoms with Crippen molar-refractivity contribution in [3.63, 3.8) is 0 Å². The minimum atomic E-state index is 0.0277. The number of para-hydroxylation sites is 1. The molecular formula is C20H23NO4. The highest BCUT2D eigenvalue weighted by atomic mass is 16.5. The number of rotatable bonds is 7. The average molecular weight is 341 g/mol. The quantitative estimate of drug-likeness (QED) is 0.783. The van der Waals surface area contributed by atoms with Crippen molar-refractivity contribution in [1.82, 2.24) is 5.32 Å². The van der Waals surface area contributed by atoms with E-state index >= 15 is 0 Å². The second-order valence-corrected chi connectivity index (χ2v) is 5.92. The van der Waals surface area contributed by atoms with E-state index in [0.29, 0.717) is 26.1 Å². The standard InChI is InChI=1S/C20H23NO4/c1-23-15-8-10-16(11-9-15)24-13-4-7-20(22)21-18-12-14-25-19-6-3-2-5-17(18)19/h2-3,5-6,8-11,18H,4,7,12-14H2,1H3,(H,21,22)/t18-/m1/s1. The number of carbonyl (C=O) groups excluding carboxylic acids is 1. The number of nitrogens with one attached hydrogen (secondary N) is 1. The molecule has 0 unspecified atom stereocenters. The molecule has 2 aromatic rings. The van der Waals surface area contributed by atoms with Gasteiger partial charge in [0.05, 0.1) is 26.4 Å². The summed E-state index contributed by atoms with van der Waals surface area (Å²) in [4.78, 5) is 12.2. The van der Waals surface area contributed by atoms with Gasteiger partial charge in [-0.25, -0.2) is 0 Å². The number of benzene rings is 2. The molecule has 0 spiro atoms. The largest absolute Gasteiger partial charge is 0.497 e. The first-order valence-corrected chi connectivity index (χ1v) is 8.54. The fourth-order valence-corrected chi connectivity index (χ4v) is 2.85. The van der Waals surface area contributed by atoms with Crippen molar-refractivity contribution in [3.8, 4) is 17.2 Å². The zero-order valence-corrected chi connectivity index (χ0v) is 14.4. The number of fused-ring (bicyclic) bond motifs is 1. The average Bonchev–Trinajstić information content (AvgIpc) is 2.66. The molecule has 1 amide bonds. The molecule has 1 aliphatic heterocycles. The maximum Gasteiger partial charge on any atom is 0.220 e. The van der Waals surface area contributed by atoms with Crippen molar-refractivity contribution in [2.24, 2.45) is 0 Å². The van der Waals surface area contributed by atoms with E-state index in [2.05, 4.69) is 5.32 Å². The number of carbonyl (C=O) groups is 1. The van der Waals surface area contributed by atoms with Crippen LogP contribution in [0.2, 0.25) is 0 Å². The SMILES string of the molecule is COc1ccc(OCCCC(=O)N[C@@H]2CCOc3ccccc32)cc1. The molecule has 132 valence electrons. The van der Waals surface area contributed by atoms with Crippen LogP contribution in [0.1, 0.15) is 30.9 Å². The Morgan fingerprint density at radius 1 is 1.16 bits per heavy atom. The minimum absolute atomic E-state index is 0.0277. The molecule has 1 heterocycles. The highest BCUT2D eigenvalue weighted by molar-refractivity contribution is 5.76. The fraction of sp³-hybridized carbons (Fsp3) is 0.350. The van der Waals surface area contributed by atoms with Crippen molar-refractivity contribution in [2.75, 3.05) is 20.3 Å². The van der Waals surface area contributed by atoms with Crippen LogP contribution in [0.25, 0.3) is 0 Å². The molecule has 0 fully saturated rings. The van der Waals surface area contributed by atoms with Crippen molar-refractivity contribution < 1.29 is 19.0 Å². The van der Waals surface area contributed by atoms with Gasteiger partial charge in [0.1, 0.15) is 17.2 Å². The molecule has 25 heavy (non-hydrogen) atoms. The molecule has 0 aliphatic carbocycles. The number of ether oxygens (including phenoxy) is 3. The molecule has 3 rings (SSSR count). The summed E-state index contributed by atoms with van der Waals surface area (Å²) in [5, 5.41) is 3.10. The van der Waals surface area contributed by atoms with Gasteiger partial charge in [0, 0.05) is 18.4 Å². The van der Waals surface area contributed by atoms with Crippen molar-refractivity contribution in [2.45, 2.75) is 25.3 Å². The zero-order chi connectivity index (χ0) is 17.5. The third-order valence-electron chi connectivity index (χ3n) is 4.17. The van der Waals surface area contributed by atoms with Gasteiger partial charge in [-0.1, -0.05) is 18.2 Å². The Kier molecular flexibility index (Phi) is 5.77. The first-order valence-electron chi connectivity index (χ1n) is 8.54. The molecule has 5 nitrogen and oxygen atoms in total. The summed E-state index contributed by atoms with van der Waals surface area (Å²) in [6.45, 7) is 1.13. The predicted molar refractivity (Wildman–Crippen MR) is 95.2 cm³/mol. The molecule has 0 saturated heterocycles. The summed E-state index contributed by atoms with van der Waals surface area (Å²) in [6, 6.07) is 15.3. The van der Waals surface area contributed by atoms with E-state index in [4.69, 9.17) is 14.2 Å². The van der Waals surface area contributed by atoms with Crippen LogP contribution in [0.4, 0.5) is 0 Å². The molecular weight excluding hydrogens is 318 g/mol. The lowest BCUT2D eigenvalue weighted by molar-refractivity contribution is -0.122. The Hall–Kier alpha value is -2.69. The Bertz CT molecular complexity index is 699. The molecule has 1 N–H and O–H groups in total. The van der Waals surface area contributed by atoms with Crippen LogP contribution in [0, 0.1) is 0 Å². The third-order valence-corrected chi connectivity index (χ3v) is 4.17. The Labute approximate surface area is 147 Å². The predicted octanol–water partition coefficient (Wildman–Crippen LogP) is 3.49. The highest BCUT2D eigenvalue weighted by Crippen LogP contribution is 2.31. The van der Waals surface area contributed by atoms with Crippen LogP contribution in [0.15, 0.2) is 48.5 Å². The molecule has 1 atom stereocenters. The summed E-state index contributed by atoms with van der Waals surface area (Å²) < 4.78 is 16.4. The van der Waals surface area contributed by atoms with Gasteiger partial charge in [0.25, 0.3) is 0 Å². The van der Waals surface area contributed by atoms with E-state index in [1.807, 2.05) is 48.5 Å². The summed E-state index contributed by atoms with van der Waals surface area (Å²) in [5.74, 6) is 2.48. The summed E-state index contributed by atoms with van der Waals surface area (Å²) in [6.07, 6.45) is 1.91. The van der Waals surface area contributed by atoms with E-state index in [1.165, 1.54) is 0 Å². The second-order valence-electron chi connectivity index (χ2n) is 5.92. The van der Waals surface area contributed by atoms with Gasteiger partial charge in [0.15, 0.2) is 0 Å². The number of hydrogen-bond donors (Lipinski definition) is 1. The Balaban J connectivity index is 1.41. The van der Waals surface area contributed by atoms with E-state index in [0.717, 1.165) is 29.2 Å². The summed E-state index contributed by atoms with van der Waals surface area (Å²) >= 11 is 0. The molecule has 5 heteroatoms. The Morgan fingerprint density at radius 2 is 1.92 bits per heavy atom.